The van der Waals surface area contributed by atoms with Gasteiger partial charge in [-0.05, 0) is 6.07 Å². The van der Waals surface area contributed by atoms with Gasteiger partial charge in [-0.2, -0.15) is 12.6 Å². The number of nitrogens with one attached hydrogen (secondary N) is 1. The first-order chi connectivity index (χ1) is 5.83. The van der Waals surface area contributed by atoms with Crippen molar-refractivity contribution in [3.8, 4) is 0 Å². The van der Waals surface area contributed by atoms with E-state index in [1.165, 1.54) is 0 Å². The number of aromatic nitrogens is 1. The Balaban J connectivity index is 2.78. The van der Waals surface area contributed by atoms with Gasteiger partial charge in [0.1, 0.15) is 0 Å². The van der Waals surface area contributed by atoms with E-state index < -0.39 is 0 Å². The van der Waals surface area contributed by atoms with Gasteiger partial charge in [0.15, 0.2) is 0 Å². The van der Waals surface area contributed by atoms with Crippen LogP contribution in [0.4, 0.5) is 0 Å². The van der Waals surface area contributed by atoms with Crippen LogP contribution in [0.3, 0.4) is 0 Å². The first-order valence-electron chi connectivity index (χ1n) is 3.69. The lowest BCUT2D eigenvalue weighted by molar-refractivity contribution is 1.27. The molecule has 2 aromatic rings. The Hall–Kier alpha value is -0.600. The van der Waals surface area contributed by atoms with Crippen LogP contribution in [-0.4, -0.2) is 4.98 Å². The fourth-order valence-electron chi connectivity index (χ4n) is 1.27. The second-order valence-electron chi connectivity index (χ2n) is 2.62. The van der Waals surface area contributed by atoms with Crippen molar-refractivity contribution in [1.82, 2.24) is 4.98 Å². The number of aromatic amines is 1. The molecule has 0 fully saturated rings. The predicted octanol–water partition coefficient (Wildman–Crippen LogP) is 3.25. The zero-order valence-corrected chi connectivity index (χ0v) is 7.99. The van der Waals surface area contributed by atoms with E-state index >= 15 is 0 Å². The predicted molar refractivity (Wildman–Crippen MR) is 56.0 cm³/mol. The zero-order valence-electron chi connectivity index (χ0n) is 6.34. The molecule has 0 spiro atoms. The fraction of sp³-hybridized carbons (Fsp3) is 0.111. The lowest BCUT2D eigenvalue weighted by Gasteiger charge is -1.88. The SMILES string of the molecule is SCc1[nH]c2ccccc2c1Cl. The van der Waals surface area contributed by atoms with E-state index in [0.29, 0.717) is 5.75 Å². The summed E-state index contributed by atoms with van der Waals surface area (Å²) in [6.45, 7) is 0. The van der Waals surface area contributed by atoms with Gasteiger partial charge in [-0.25, -0.2) is 0 Å². The van der Waals surface area contributed by atoms with Crippen molar-refractivity contribution in [1.29, 1.82) is 0 Å². The van der Waals surface area contributed by atoms with Gasteiger partial charge in [0, 0.05) is 22.3 Å². The number of H-pyrrole nitrogens is 1. The Kier molecular flexibility index (Phi) is 2.03. The summed E-state index contributed by atoms with van der Waals surface area (Å²) in [4.78, 5) is 3.21. The Bertz CT molecular complexity index is 408. The minimum absolute atomic E-state index is 0.646. The van der Waals surface area contributed by atoms with E-state index in [4.69, 9.17) is 11.6 Å². The molecule has 0 saturated carbocycles. The molecule has 0 atom stereocenters. The van der Waals surface area contributed by atoms with Crippen LogP contribution in [0.5, 0.6) is 0 Å². The molecule has 3 heteroatoms. The van der Waals surface area contributed by atoms with Gasteiger partial charge >= 0.3 is 0 Å². The number of para-hydroxylation sites is 1. The summed E-state index contributed by atoms with van der Waals surface area (Å²) in [6, 6.07) is 7.97. The molecule has 0 saturated heterocycles. The second kappa shape index (κ2) is 3.04. The van der Waals surface area contributed by atoms with Gasteiger partial charge in [-0.1, -0.05) is 29.8 Å². The van der Waals surface area contributed by atoms with Crippen LogP contribution in [0.25, 0.3) is 10.9 Å². The molecule has 0 aliphatic heterocycles. The number of hydrogen-bond donors (Lipinski definition) is 2. The number of hydrogen-bond acceptors (Lipinski definition) is 1. The summed E-state index contributed by atoms with van der Waals surface area (Å²) in [5, 5.41) is 1.86. The highest BCUT2D eigenvalue weighted by Crippen LogP contribution is 2.27. The van der Waals surface area contributed by atoms with E-state index in [0.717, 1.165) is 21.6 Å². The minimum atomic E-state index is 0.646. The van der Waals surface area contributed by atoms with Crippen LogP contribution in [0.1, 0.15) is 5.69 Å². The second-order valence-corrected chi connectivity index (χ2v) is 3.32. The van der Waals surface area contributed by atoms with E-state index in [2.05, 4.69) is 17.6 Å². The third-order valence-corrected chi connectivity index (χ3v) is 2.62. The molecule has 0 aliphatic carbocycles. The lowest BCUT2D eigenvalue weighted by atomic mass is 10.2. The van der Waals surface area contributed by atoms with Crippen molar-refractivity contribution in [2.24, 2.45) is 0 Å². The molecule has 1 aromatic heterocycles. The minimum Gasteiger partial charge on any atom is -0.356 e. The molecule has 0 unspecified atom stereocenters. The van der Waals surface area contributed by atoms with Gasteiger partial charge in [0.25, 0.3) is 0 Å². The zero-order chi connectivity index (χ0) is 8.55. The van der Waals surface area contributed by atoms with Crippen LogP contribution in [0.15, 0.2) is 24.3 Å². The normalized spacial score (nSPS) is 10.8. The van der Waals surface area contributed by atoms with Crippen molar-refractivity contribution in [3.05, 3.63) is 35.0 Å². The molecule has 12 heavy (non-hydrogen) atoms. The first-order valence-corrected chi connectivity index (χ1v) is 4.70. The van der Waals surface area contributed by atoms with Crippen LogP contribution in [-0.2, 0) is 5.75 Å². The number of thiol groups is 1. The summed E-state index contributed by atoms with van der Waals surface area (Å²) < 4.78 is 0. The van der Waals surface area contributed by atoms with E-state index in [-0.39, 0.29) is 0 Å². The summed E-state index contributed by atoms with van der Waals surface area (Å²) in [6.07, 6.45) is 0. The molecular formula is C9H8ClNS. The maximum absolute atomic E-state index is 6.08. The molecule has 0 radical (unpaired) electrons. The largest absolute Gasteiger partial charge is 0.356 e. The smallest absolute Gasteiger partial charge is 0.0700 e. The average Bonchev–Trinajstić information content (AvgIpc) is 2.44. The number of halogens is 1. The third kappa shape index (κ3) is 1.11. The summed E-state index contributed by atoms with van der Waals surface area (Å²) in [5.74, 6) is 0.646. The molecule has 0 aliphatic rings. The van der Waals surface area contributed by atoms with Gasteiger partial charge in [0.2, 0.25) is 0 Å². The highest BCUT2D eigenvalue weighted by molar-refractivity contribution is 7.79. The standard InChI is InChI=1S/C9H8ClNS/c10-9-6-3-1-2-4-7(6)11-8(9)5-12/h1-4,11-12H,5H2. The van der Waals surface area contributed by atoms with Crippen molar-refractivity contribution in [2.75, 3.05) is 0 Å². The van der Waals surface area contributed by atoms with Crippen LogP contribution < -0.4 is 0 Å². The van der Waals surface area contributed by atoms with Crippen LogP contribution in [0, 0.1) is 0 Å². The Labute approximate surface area is 81.1 Å². The summed E-state index contributed by atoms with van der Waals surface area (Å²) in [7, 11) is 0. The summed E-state index contributed by atoms with van der Waals surface area (Å²) >= 11 is 10.3. The maximum Gasteiger partial charge on any atom is 0.0700 e. The highest BCUT2D eigenvalue weighted by atomic mass is 35.5. The maximum atomic E-state index is 6.08. The molecular weight excluding hydrogens is 190 g/mol. The van der Waals surface area contributed by atoms with Crippen molar-refractivity contribution in [2.45, 2.75) is 5.75 Å². The molecule has 0 amide bonds. The van der Waals surface area contributed by atoms with E-state index in [1.807, 2.05) is 24.3 Å². The monoisotopic (exact) mass is 197 g/mol. The quantitative estimate of drug-likeness (QED) is 0.653. The lowest BCUT2D eigenvalue weighted by Crippen LogP contribution is -1.74. The first kappa shape index (κ1) is 8.02. The molecule has 0 bridgehead atoms. The molecule has 1 aromatic carbocycles. The topological polar surface area (TPSA) is 15.8 Å². The molecule has 2 rings (SSSR count). The number of benzene rings is 1. The third-order valence-electron chi connectivity index (χ3n) is 1.87. The summed E-state index contributed by atoms with van der Waals surface area (Å²) in [5.41, 5.74) is 2.06. The van der Waals surface area contributed by atoms with Crippen molar-refractivity contribution >= 4 is 35.1 Å². The molecule has 1 N–H and O–H groups in total. The molecule has 1 heterocycles. The molecule has 62 valence electrons. The number of rotatable bonds is 1. The fourth-order valence-corrected chi connectivity index (χ4v) is 1.88. The van der Waals surface area contributed by atoms with Crippen molar-refractivity contribution < 1.29 is 0 Å². The van der Waals surface area contributed by atoms with Gasteiger partial charge in [-0.15, -0.1) is 0 Å². The Morgan fingerprint density at radius 1 is 1.33 bits per heavy atom. The van der Waals surface area contributed by atoms with Crippen molar-refractivity contribution in [3.63, 3.8) is 0 Å². The number of fused-ring (bicyclic) bond motifs is 1. The Morgan fingerprint density at radius 2 is 2.08 bits per heavy atom. The van der Waals surface area contributed by atoms with Gasteiger partial charge in [-0.3, -0.25) is 0 Å². The van der Waals surface area contributed by atoms with Crippen LogP contribution in [0.2, 0.25) is 5.02 Å². The average molecular weight is 198 g/mol. The highest BCUT2D eigenvalue weighted by Gasteiger charge is 2.05. The van der Waals surface area contributed by atoms with E-state index in [9.17, 15) is 0 Å². The van der Waals surface area contributed by atoms with Gasteiger partial charge < -0.3 is 4.98 Å². The Morgan fingerprint density at radius 3 is 2.75 bits per heavy atom. The van der Waals surface area contributed by atoms with E-state index in [1.54, 1.807) is 0 Å². The van der Waals surface area contributed by atoms with Gasteiger partial charge in [0.05, 0.1) is 5.02 Å². The molecule has 1 nitrogen and oxygen atoms in total. The van der Waals surface area contributed by atoms with Crippen LogP contribution >= 0.6 is 24.2 Å².